The lowest BCUT2D eigenvalue weighted by Gasteiger charge is -2.24. The maximum atomic E-state index is 10.8. The molecule has 1 aliphatic heterocycles. The lowest BCUT2D eigenvalue weighted by molar-refractivity contribution is -0.104. The van der Waals surface area contributed by atoms with E-state index in [1.165, 1.54) is 10.4 Å². The van der Waals surface area contributed by atoms with Gasteiger partial charge in [-0.3, -0.25) is 9.80 Å². The monoisotopic (exact) mass is 383 g/mol. The van der Waals surface area contributed by atoms with E-state index in [1.54, 1.807) is 17.4 Å². The Bertz CT molecular complexity index is 1060. The third kappa shape index (κ3) is 3.64. The zero-order valence-electron chi connectivity index (χ0n) is 15.0. The summed E-state index contributed by atoms with van der Waals surface area (Å²) in [6, 6.07) is 24.3. The van der Waals surface area contributed by atoms with E-state index in [0.29, 0.717) is 6.29 Å². The van der Waals surface area contributed by atoms with Crippen molar-refractivity contribution in [2.75, 3.05) is 5.01 Å². The van der Waals surface area contributed by atoms with Crippen molar-refractivity contribution >= 4 is 35.1 Å². The van der Waals surface area contributed by atoms with Gasteiger partial charge < -0.3 is 0 Å². The summed E-state index contributed by atoms with van der Waals surface area (Å²) < 4.78 is 0. The smallest absolute Gasteiger partial charge is 0.160 e. The van der Waals surface area contributed by atoms with E-state index in [0.717, 1.165) is 23.4 Å². The molecule has 4 rings (SSSR count). The molecule has 1 unspecified atom stereocenters. The third-order valence-corrected chi connectivity index (χ3v) is 5.56. The number of benzene rings is 2. The fourth-order valence-electron chi connectivity index (χ4n) is 3.27. The number of nitriles is 1. The van der Waals surface area contributed by atoms with Crippen LogP contribution >= 0.6 is 11.3 Å². The third-order valence-electron chi connectivity index (χ3n) is 4.64. The van der Waals surface area contributed by atoms with E-state index in [1.807, 2.05) is 54.6 Å². The number of nitrogens with zero attached hydrogens (tertiary/aromatic N) is 3. The molecular formula is C23H17N3OS. The molecule has 0 aliphatic carbocycles. The Morgan fingerprint density at radius 1 is 1.11 bits per heavy atom. The van der Waals surface area contributed by atoms with Crippen LogP contribution in [0, 0.1) is 11.3 Å². The molecule has 0 saturated carbocycles. The maximum Gasteiger partial charge on any atom is 0.160 e. The van der Waals surface area contributed by atoms with Gasteiger partial charge in [-0.05, 0) is 40.8 Å². The highest BCUT2D eigenvalue weighted by Gasteiger charge is 2.30. The van der Waals surface area contributed by atoms with Crippen molar-refractivity contribution in [1.29, 1.82) is 5.26 Å². The highest BCUT2D eigenvalue weighted by atomic mass is 32.1. The van der Waals surface area contributed by atoms with Crippen LogP contribution in [0.3, 0.4) is 0 Å². The van der Waals surface area contributed by atoms with Gasteiger partial charge in [0.15, 0.2) is 6.29 Å². The average molecular weight is 383 g/mol. The normalized spacial score (nSPS) is 16.5. The summed E-state index contributed by atoms with van der Waals surface area (Å²) >= 11 is 1.70. The average Bonchev–Trinajstić information content (AvgIpc) is 3.43. The molecule has 2 aromatic carbocycles. The molecule has 0 saturated heterocycles. The molecule has 1 aromatic heterocycles. The molecule has 0 radical (unpaired) electrons. The molecule has 0 amide bonds. The zero-order chi connectivity index (χ0) is 19.3. The second kappa shape index (κ2) is 8.03. The quantitative estimate of drug-likeness (QED) is 0.345. The number of aldehydes is 1. The number of anilines is 1. The Kier molecular flexibility index (Phi) is 5.14. The number of carbonyl (C=O) groups excluding carboxylic acids is 1. The lowest BCUT2D eigenvalue weighted by atomic mass is 10.0. The van der Waals surface area contributed by atoms with Crippen LogP contribution in [0.4, 0.5) is 5.69 Å². The second-order valence-electron chi connectivity index (χ2n) is 6.42. The van der Waals surface area contributed by atoms with Crippen LogP contribution in [0.25, 0.3) is 6.08 Å². The maximum absolute atomic E-state index is 10.8. The van der Waals surface area contributed by atoms with Gasteiger partial charge in [0.2, 0.25) is 0 Å². The first-order valence-electron chi connectivity index (χ1n) is 8.91. The predicted molar refractivity (Wildman–Crippen MR) is 113 cm³/mol. The van der Waals surface area contributed by atoms with Crippen molar-refractivity contribution in [3.8, 4) is 6.07 Å². The highest BCUT2D eigenvalue weighted by Crippen LogP contribution is 2.37. The van der Waals surface area contributed by atoms with Crippen LogP contribution in [-0.2, 0) is 4.79 Å². The number of hydrazone groups is 1. The molecule has 0 spiro atoms. The number of carbonyl (C=O) groups is 1. The first kappa shape index (κ1) is 17.9. The van der Waals surface area contributed by atoms with Gasteiger partial charge in [0.25, 0.3) is 0 Å². The number of rotatable bonds is 5. The van der Waals surface area contributed by atoms with Gasteiger partial charge in [-0.25, -0.2) is 0 Å². The van der Waals surface area contributed by atoms with Crippen molar-refractivity contribution in [3.05, 3.63) is 93.7 Å². The Balaban J connectivity index is 1.69. The summed E-state index contributed by atoms with van der Waals surface area (Å²) in [5.74, 6) is 0. The summed E-state index contributed by atoms with van der Waals surface area (Å²) in [4.78, 5) is 12.0. The van der Waals surface area contributed by atoms with Gasteiger partial charge in [0.05, 0.1) is 27.9 Å². The molecular weight excluding hydrogens is 366 g/mol. The number of hydrogen-bond donors (Lipinski definition) is 0. The molecule has 0 bridgehead atoms. The number of hydrogen-bond acceptors (Lipinski definition) is 5. The molecule has 1 aliphatic rings. The molecule has 0 fully saturated rings. The van der Waals surface area contributed by atoms with Crippen LogP contribution in [0.5, 0.6) is 0 Å². The molecule has 5 heteroatoms. The topological polar surface area (TPSA) is 56.5 Å². The van der Waals surface area contributed by atoms with Gasteiger partial charge in [-0.2, -0.15) is 10.4 Å². The number of thiophene rings is 1. The van der Waals surface area contributed by atoms with E-state index in [-0.39, 0.29) is 11.6 Å². The van der Waals surface area contributed by atoms with Gasteiger partial charge in [0, 0.05) is 6.42 Å². The van der Waals surface area contributed by atoms with E-state index >= 15 is 0 Å². The Morgan fingerprint density at radius 3 is 2.54 bits per heavy atom. The molecule has 136 valence electrons. The summed E-state index contributed by atoms with van der Waals surface area (Å²) in [6.45, 7) is 0. The van der Waals surface area contributed by atoms with E-state index in [4.69, 9.17) is 10.4 Å². The molecule has 2 heterocycles. The minimum atomic E-state index is 0.106. The van der Waals surface area contributed by atoms with Gasteiger partial charge in [-0.1, -0.05) is 48.5 Å². The van der Waals surface area contributed by atoms with Crippen LogP contribution in [-0.4, -0.2) is 12.0 Å². The van der Waals surface area contributed by atoms with Crippen LogP contribution in [0.15, 0.2) is 82.8 Å². The van der Waals surface area contributed by atoms with Crippen molar-refractivity contribution in [2.45, 2.75) is 12.5 Å². The van der Waals surface area contributed by atoms with E-state index in [2.05, 4.69) is 28.6 Å². The Morgan fingerprint density at radius 2 is 1.89 bits per heavy atom. The van der Waals surface area contributed by atoms with Crippen molar-refractivity contribution in [1.82, 2.24) is 0 Å². The first-order chi connectivity index (χ1) is 13.8. The second-order valence-corrected chi connectivity index (χ2v) is 7.37. The molecule has 1 atom stereocenters. The fourth-order valence-corrected chi connectivity index (χ4v) is 3.99. The molecule has 4 nitrogen and oxygen atoms in total. The summed E-state index contributed by atoms with van der Waals surface area (Å²) in [5.41, 5.74) is 4.19. The van der Waals surface area contributed by atoms with Crippen LogP contribution < -0.4 is 5.01 Å². The minimum absolute atomic E-state index is 0.106. The highest BCUT2D eigenvalue weighted by molar-refractivity contribution is 7.12. The fraction of sp³-hybridized carbons (Fsp3) is 0.0870. The van der Waals surface area contributed by atoms with Gasteiger partial charge in [-0.15, -0.1) is 11.3 Å². The minimum Gasteiger partial charge on any atom is -0.297 e. The SMILES string of the molecule is N#C/C(C=O)=C/c1ccc(N2N=C(c3cccs3)CC2c2ccccc2)cc1. The lowest BCUT2D eigenvalue weighted by Crippen LogP contribution is -2.18. The summed E-state index contributed by atoms with van der Waals surface area (Å²) in [7, 11) is 0. The molecule has 3 aromatic rings. The number of allylic oxidation sites excluding steroid dienone is 1. The van der Waals surface area contributed by atoms with Gasteiger partial charge >= 0.3 is 0 Å². The Hall–Kier alpha value is -3.49. The standard InChI is InChI=1S/C23H17N3OS/c24-15-18(16-27)13-17-8-10-20(11-9-17)26-22(19-5-2-1-3-6-19)14-21(25-26)23-7-4-12-28-23/h1-13,16,22H,14H2/b18-13-. The first-order valence-corrected chi connectivity index (χ1v) is 9.79. The van der Waals surface area contributed by atoms with Crippen LogP contribution in [0.1, 0.15) is 28.5 Å². The summed E-state index contributed by atoms with van der Waals surface area (Å²) in [5, 5.41) is 18.0. The van der Waals surface area contributed by atoms with Crippen molar-refractivity contribution < 1.29 is 4.79 Å². The van der Waals surface area contributed by atoms with Gasteiger partial charge in [0.1, 0.15) is 6.07 Å². The predicted octanol–water partition coefficient (Wildman–Crippen LogP) is 5.21. The Labute approximate surface area is 167 Å². The zero-order valence-corrected chi connectivity index (χ0v) is 15.8. The van der Waals surface area contributed by atoms with Crippen molar-refractivity contribution in [3.63, 3.8) is 0 Å². The van der Waals surface area contributed by atoms with E-state index in [9.17, 15) is 4.79 Å². The summed E-state index contributed by atoms with van der Waals surface area (Å²) in [6.07, 6.45) is 2.99. The van der Waals surface area contributed by atoms with Crippen LogP contribution in [0.2, 0.25) is 0 Å². The molecule has 0 N–H and O–H groups in total. The molecule has 28 heavy (non-hydrogen) atoms. The van der Waals surface area contributed by atoms with E-state index < -0.39 is 0 Å². The van der Waals surface area contributed by atoms with Crippen molar-refractivity contribution in [2.24, 2.45) is 5.10 Å². The largest absolute Gasteiger partial charge is 0.297 e.